The van der Waals surface area contributed by atoms with Gasteiger partial charge in [-0.2, -0.15) is 0 Å². The van der Waals surface area contributed by atoms with Gasteiger partial charge in [0.05, 0.1) is 27.4 Å². The fourth-order valence-electron chi connectivity index (χ4n) is 6.10. The molecule has 348 valence electrons. The topological polar surface area (TPSA) is 302 Å². The molecule has 0 aromatic rings. The Hall–Kier alpha value is -4.42. The number of carbonyl (C=O) groups is 8. The first kappa shape index (κ1) is 52.7. The number of aliphatic hydroxyl groups excluding tert-OH is 1. The Kier molecular flexibility index (Phi) is 20.0. The molecule has 0 aromatic carbocycles. The van der Waals surface area contributed by atoms with Crippen molar-refractivity contribution in [1.82, 2.24) is 26.6 Å². The molecule has 2 heterocycles. The zero-order valence-corrected chi connectivity index (χ0v) is 37.9. The van der Waals surface area contributed by atoms with Crippen molar-refractivity contribution in [3.8, 4) is 0 Å². The van der Waals surface area contributed by atoms with Crippen molar-refractivity contribution in [2.24, 2.45) is 0 Å². The number of ether oxygens (including phenoxy) is 7. The standard InChI is InChI=1S/C38H65N5O17Si/c1-20(39-31(48)21(2)58-29-28(46)26-19-57-35(59-26)38(29,53)43-22(3)44)30(47)41-25(33(50)55-8)15-16-27(45)40-24(34(51)56-17-18-61(9,10)11)14-12-13-23(32(49)54-7)42-36(52)60-37(4,5)6/h20-21,23-26,28-29,35,46,53H,12-19H2,1-11H3,(H,39,48)(H,40,45)(H,41,47)(H,42,52)(H,43,44)/t20-,21+,23+,24-,25+,26+,28+,29-,35+,38+/m0/s1. The lowest BCUT2D eigenvalue weighted by Crippen LogP contribution is -2.72. The van der Waals surface area contributed by atoms with E-state index in [1.807, 2.05) is 0 Å². The molecule has 2 bridgehead atoms. The van der Waals surface area contributed by atoms with E-state index in [0.29, 0.717) is 6.04 Å². The van der Waals surface area contributed by atoms with Gasteiger partial charge in [0.2, 0.25) is 35.6 Å². The van der Waals surface area contributed by atoms with Gasteiger partial charge in [-0.1, -0.05) is 19.6 Å². The molecule has 0 spiro atoms. The van der Waals surface area contributed by atoms with Crippen molar-refractivity contribution in [3.05, 3.63) is 0 Å². The molecule has 0 unspecified atom stereocenters. The van der Waals surface area contributed by atoms with E-state index in [0.717, 1.165) is 21.1 Å². The van der Waals surface area contributed by atoms with Crippen LogP contribution in [0.25, 0.3) is 0 Å². The fourth-order valence-corrected chi connectivity index (χ4v) is 6.81. The third-order valence-electron chi connectivity index (χ3n) is 9.38. The van der Waals surface area contributed by atoms with E-state index < -0.39 is 122 Å². The summed E-state index contributed by atoms with van der Waals surface area (Å²) in [4.78, 5) is 102. The number of amides is 5. The van der Waals surface area contributed by atoms with Gasteiger partial charge in [0.1, 0.15) is 54.2 Å². The van der Waals surface area contributed by atoms with E-state index in [4.69, 9.17) is 33.2 Å². The fraction of sp³-hybridized carbons (Fsp3) is 0.789. The molecule has 23 heteroatoms. The van der Waals surface area contributed by atoms with Crippen molar-refractivity contribution >= 4 is 55.7 Å². The summed E-state index contributed by atoms with van der Waals surface area (Å²) in [5, 5.41) is 34.1. The maximum Gasteiger partial charge on any atom is 0.408 e. The molecule has 0 aliphatic carbocycles. The van der Waals surface area contributed by atoms with Crippen LogP contribution < -0.4 is 26.6 Å². The molecule has 2 saturated heterocycles. The van der Waals surface area contributed by atoms with Crippen LogP contribution >= 0.6 is 0 Å². The predicted molar refractivity (Wildman–Crippen MR) is 215 cm³/mol. The van der Waals surface area contributed by atoms with E-state index in [-0.39, 0.29) is 45.3 Å². The number of hydrogen-bond acceptors (Lipinski definition) is 17. The lowest BCUT2D eigenvalue weighted by atomic mass is 9.94. The molecule has 0 aromatic heterocycles. The van der Waals surface area contributed by atoms with Gasteiger partial charge in [0, 0.05) is 21.4 Å². The van der Waals surface area contributed by atoms with Crippen molar-refractivity contribution in [3.63, 3.8) is 0 Å². The Morgan fingerprint density at radius 2 is 1.41 bits per heavy atom. The smallest absolute Gasteiger partial charge is 0.408 e. The molecule has 61 heavy (non-hydrogen) atoms. The maximum absolute atomic E-state index is 13.2. The first-order valence-electron chi connectivity index (χ1n) is 20.0. The molecule has 2 aliphatic heterocycles. The minimum atomic E-state index is -2.36. The molecule has 2 rings (SSSR count). The number of methoxy groups -OCH3 is 2. The summed E-state index contributed by atoms with van der Waals surface area (Å²) in [7, 11) is 0.627. The normalized spacial score (nSPS) is 23.4. The Labute approximate surface area is 356 Å². The molecule has 0 saturated carbocycles. The van der Waals surface area contributed by atoms with Crippen molar-refractivity contribution < 1.29 is 81.7 Å². The van der Waals surface area contributed by atoms with E-state index >= 15 is 0 Å². The second-order valence-corrected chi connectivity index (χ2v) is 22.8. The van der Waals surface area contributed by atoms with Crippen LogP contribution in [0.15, 0.2) is 0 Å². The summed E-state index contributed by atoms with van der Waals surface area (Å²) in [5.74, 6) is -5.49. The highest BCUT2D eigenvalue weighted by Crippen LogP contribution is 2.36. The number of alkyl carbamates (subject to hydrolysis) is 1. The number of rotatable bonds is 22. The highest BCUT2D eigenvalue weighted by Gasteiger charge is 2.61. The summed E-state index contributed by atoms with van der Waals surface area (Å²) in [6.07, 6.45) is -8.19. The molecular weight excluding hydrogens is 827 g/mol. The van der Waals surface area contributed by atoms with Crippen LogP contribution in [0.2, 0.25) is 25.7 Å². The van der Waals surface area contributed by atoms with E-state index in [9.17, 15) is 48.6 Å². The van der Waals surface area contributed by atoms with E-state index in [1.54, 1.807) is 20.8 Å². The SMILES string of the molecule is COC(=O)[C@@H](CCC[C@H](NC(=O)CC[C@@H](NC(=O)[C@H](C)NC(=O)[C@@H](C)O[C@H]1[C@H](O)[C@H]2CO[C@H](O2)[C@@]1(O)NC(C)=O)C(=O)OC)C(=O)OCC[Si](C)(C)C)NC(=O)OC(C)(C)C. The summed E-state index contributed by atoms with van der Waals surface area (Å²) in [6.45, 7) is 15.0. The monoisotopic (exact) mass is 891 g/mol. The van der Waals surface area contributed by atoms with Crippen molar-refractivity contribution in [2.75, 3.05) is 27.4 Å². The Morgan fingerprint density at radius 1 is 0.836 bits per heavy atom. The summed E-state index contributed by atoms with van der Waals surface area (Å²) >= 11 is 0. The maximum atomic E-state index is 13.2. The van der Waals surface area contributed by atoms with E-state index in [1.165, 1.54) is 13.8 Å². The van der Waals surface area contributed by atoms with Gasteiger partial charge >= 0.3 is 24.0 Å². The van der Waals surface area contributed by atoms with Crippen molar-refractivity contribution in [2.45, 2.75) is 166 Å². The lowest BCUT2D eigenvalue weighted by Gasteiger charge is -2.45. The van der Waals surface area contributed by atoms with Crippen LogP contribution in [0.1, 0.15) is 73.6 Å². The van der Waals surface area contributed by atoms with Gasteiger partial charge in [-0.05, 0) is 66.3 Å². The molecule has 10 atom stereocenters. The zero-order valence-electron chi connectivity index (χ0n) is 36.9. The predicted octanol–water partition coefficient (Wildman–Crippen LogP) is -0.754. The van der Waals surface area contributed by atoms with Crippen LogP contribution in [0.5, 0.6) is 0 Å². The number of carbonyl (C=O) groups excluding carboxylic acids is 8. The van der Waals surface area contributed by atoms with E-state index in [2.05, 4.69) is 46.2 Å². The Balaban J connectivity index is 2.07. The van der Waals surface area contributed by atoms with Crippen LogP contribution in [0.4, 0.5) is 4.79 Å². The van der Waals surface area contributed by atoms with Crippen LogP contribution in [-0.2, 0) is 66.7 Å². The van der Waals surface area contributed by atoms with Gasteiger partial charge in [-0.25, -0.2) is 19.2 Å². The van der Waals surface area contributed by atoms with Crippen molar-refractivity contribution in [1.29, 1.82) is 0 Å². The largest absolute Gasteiger partial charge is 0.467 e. The molecule has 2 fully saturated rings. The molecule has 5 amide bonds. The average Bonchev–Trinajstić information content (AvgIpc) is 3.63. The molecule has 22 nitrogen and oxygen atoms in total. The third-order valence-corrected chi connectivity index (χ3v) is 11.1. The van der Waals surface area contributed by atoms with Gasteiger partial charge in [-0.15, -0.1) is 0 Å². The van der Waals surface area contributed by atoms with Gasteiger partial charge in [0.15, 0.2) is 0 Å². The first-order valence-corrected chi connectivity index (χ1v) is 23.8. The summed E-state index contributed by atoms with van der Waals surface area (Å²) < 4.78 is 36.8. The molecular formula is C38H65N5O17Si. The van der Waals surface area contributed by atoms with Gasteiger partial charge in [-0.3, -0.25) is 19.2 Å². The summed E-state index contributed by atoms with van der Waals surface area (Å²) in [6, 6.07) is -4.31. The van der Waals surface area contributed by atoms with Crippen LogP contribution in [0, 0.1) is 0 Å². The minimum absolute atomic E-state index is 0.00746. The number of fused-ring (bicyclic) bond motifs is 2. The molecule has 2 aliphatic rings. The van der Waals surface area contributed by atoms with Crippen LogP contribution in [0.3, 0.4) is 0 Å². The van der Waals surface area contributed by atoms with Crippen LogP contribution in [-0.4, -0.2) is 160 Å². The second kappa shape index (κ2) is 23.1. The van der Waals surface area contributed by atoms with Gasteiger partial charge in [0.25, 0.3) is 0 Å². The molecule has 7 N–H and O–H groups in total. The average molecular weight is 892 g/mol. The number of aliphatic hydroxyl groups is 2. The first-order chi connectivity index (χ1) is 28.2. The zero-order chi connectivity index (χ0) is 46.5. The highest BCUT2D eigenvalue weighted by molar-refractivity contribution is 6.76. The second-order valence-electron chi connectivity index (χ2n) is 17.1. The number of esters is 3. The summed E-state index contributed by atoms with van der Waals surface area (Å²) in [5.41, 5.74) is -3.20. The quantitative estimate of drug-likeness (QED) is 0.0304. The minimum Gasteiger partial charge on any atom is -0.467 e. The third kappa shape index (κ3) is 17.1. The Bertz CT molecular complexity index is 1570. The van der Waals surface area contributed by atoms with Gasteiger partial charge < -0.3 is 70.0 Å². The lowest BCUT2D eigenvalue weighted by molar-refractivity contribution is -0.304. The Morgan fingerprint density at radius 3 is 1.95 bits per heavy atom. The molecule has 0 radical (unpaired) electrons. The highest BCUT2D eigenvalue weighted by atomic mass is 28.3. The number of hydrogen-bond donors (Lipinski definition) is 7. The number of nitrogens with one attached hydrogen (secondary N) is 5.